The molecule has 1 aromatic rings. The van der Waals surface area contributed by atoms with Crippen LogP contribution in [0.5, 0.6) is 0 Å². The highest BCUT2D eigenvalue weighted by Crippen LogP contribution is 2.29. The summed E-state index contributed by atoms with van der Waals surface area (Å²) in [6.07, 6.45) is 1.75. The van der Waals surface area contributed by atoms with E-state index in [1.807, 2.05) is 12.1 Å². The molecular formula is C11H11BrClNO. The number of benzene rings is 1. The maximum Gasteiger partial charge on any atom is 0.251 e. The van der Waals surface area contributed by atoms with Gasteiger partial charge in [0.25, 0.3) is 5.91 Å². The third-order valence-corrected chi connectivity index (χ3v) is 3.48. The SMILES string of the molecule is CCC1Cc2c(Cl)cc(Br)cc2C(=O)N1. The highest BCUT2D eigenvalue weighted by atomic mass is 79.9. The van der Waals surface area contributed by atoms with Gasteiger partial charge in [0, 0.05) is 21.1 Å². The lowest BCUT2D eigenvalue weighted by Crippen LogP contribution is -2.41. The number of carbonyl (C=O) groups is 1. The first-order valence-corrected chi connectivity index (χ1v) is 6.07. The van der Waals surface area contributed by atoms with Gasteiger partial charge in [-0.2, -0.15) is 0 Å². The molecule has 0 aromatic heterocycles. The Morgan fingerprint density at radius 1 is 1.60 bits per heavy atom. The first-order valence-electron chi connectivity index (χ1n) is 4.90. The van der Waals surface area contributed by atoms with Crippen molar-refractivity contribution in [3.05, 3.63) is 32.8 Å². The van der Waals surface area contributed by atoms with Crippen molar-refractivity contribution in [3.8, 4) is 0 Å². The van der Waals surface area contributed by atoms with Crippen molar-refractivity contribution in [1.29, 1.82) is 0 Å². The quantitative estimate of drug-likeness (QED) is 0.845. The standard InChI is InChI=1S/C11H11BrClNO/c1-2-7-5-8-9(11(15)14-7)3-6(12)4-10(8)13/h3-4,7H,2,5H2,1H3,(H,14,15). The van der Waals surface area contributed by atoms with Gasteiger partial charge in [-0.3, -0.25) is 4.79 Å². The van der Waals surface area contributed by atoms with Crippen LogP contribution in [-0.4, -0.2) is 11.9 Å². The minimum atomic E-state index is -0.0219. The maximum atomic E-state index is 11.8. The van der Waals surface area contributed by atoms with Crippen LogP contribution in [-0.2, 0) is 6.42 Å². The molecule has 1 aliphatic heterocycles. The van der Waals surface area contributed by atoms with Crippen LogP contribution in [0.4, 0.5) is 0 Å². The zero-order chi connectivity index (χ0) is 11.0. The van der Waals surface area contributed by atoms with E-state index < -0.39 is 0 Å². The van der Waals surface area contributed by atoms with E-state index in [0.29, 0.717) is 10.6 Å². The number of carbonyl (C=O) groups excluding carboxylic acids is 1. The number of rotatable bonds is 1. The van der Waals surface area contributed by atoms with Crippen LogP contribution in [0, 0.1) is 0 Å². The summed E-state index contributed by atoms with van der Waals surface area (Å²) in [4.78, 5) is 11.8. The Balaban J connectivity index is 2.50. The summed E-state index contributed by atoms with van der Waals surface area (Å²) >= 11 is 9.46. The lowest BCUT2D eigenvalue weighted by Gasteiger charge is -2.25. The van der Waals surface area contributed by atoms with Crippen molar-refractivity contribution in [2.45, 2.75) is 25.8 Å². The van der Waals surface area contributed by atoms with Gasteiger partial charge in [-0.15, -0.1) is 0 Å². The summed E-state index contributed by atoms with van der Waals surface area (Å²) in [5.41, 5.74) is 1.66. The average Bonchev–Trinajstić information content (AvgIpc) is 2.19. The van der Waals surface area contributed by atoms with Gasteiger partial charge in [-0.25, -0.2) is 0 Å². The Hall–Kier alpha value is -0.540. The Morgan fingerprint density at radius 3 is 3.00 bits per heavy atom. The Kier molecular flexibility index (Phi) is 3.03. The molecule has 0 bridgehead atoms. The zero-order valence-corrected chi connectivity index (χ0v) is 10.7. The highest BCUT2D eigenvalue weighted by molar-refractivity contribution is 9.10. The van der Waals surface area contributed by atoms with Gasteiger partial charge >= 0.3 is 0 Å². The summed E-state index contributed by atoms with van der Waals surface area (Å²) < 4.78 is 0.844. The average molecular weight is 289 g/mol. The molecule has 80 valence electrons. The third-order valence-electron chi connectivity index (χ3n) is 2.68. The Morgan fingerprint density at radius 2 is 2.33 bits per heavy atom. The molecule has 1 unspecified atom stereocenters. The number of hydrogen-bond donors (Lipinski definition) is 1. The normalized spacial score (nSPS) is 19.7. The van der Waals surface area contributed by atoms with Crippen LogP contribution in [0.2, 0.25) is 5.02 Å². The smallest absolute Gasteiger partial charge is 0.251 e. The van der Waals surface area contributed by atoms with Gasteiger partial charge in [0.15, 0.2) is 0 Å². The Bertz CT molecular complexity index is 419. The molecule has 1 amide bonds. The molecule has 2 rings (SSSR count). The van der Waals surface area contributed by atoms with Crippen molar-refractivity contribution in [2.24, 2.45) is 0 Å². The molecule has 15 heavy (non-hydrogen) atoms. The van der Waals surface area contributed by atoms with Crippen LogP contribution < -0.4 is 5.32 Å². The van der Waals surface area contributed by atoms with Crippen LogP contribution in [0.25, 0.3) is 0 Å². The van der Waals surface area contributed by atoms with Crippen LogP contribution in [0.3, 0.4) is 0 Å². The Labute approximate surface area is 102 Å². The summed E-state index contributed by atoms with van der Waals surface area (Å²) in [7, 11) is 0. The first kappa shape index (κ1) is 11.0. The van der Waals surface area contributed by atoms with Gasteiger partial charge in [0.2, 0.25) is 0 Å². The van der Waals surface area contributed by atoms with E-state index >= 15 is 0 Å². The largest absolute Gasteiger partial charge is 0.349 e. The predicted octanol–water partition coefficient (Wildman–Crippen LogP) is 3.17. The van der Waals surface area contributed by atoms with Crippen LogP contribution in [0.15, 0.2) is 16.6 Å². The number of hydrogen-bond acceptors (Lipinski definition) is 1. The molecule has 0 aliphatic carbocycles. The fraction of sp³-hybridized carbons (Fsp3) is 0.364. The number of halogens is 2. The lowest BCUT2D eigenvalue weighted by atomic mass is 9.94. The van der Waals surface area contributed by atoms with E-state index in [4.69, 9.17) is 11.6 Å². The van der Waals surface area contributed by atoms with Crippen LogP contribution in [0.1, 0.15) is 29.3 Å². The van der Waals surface area contributed by atoms with Crippen molar-refractivity contribution >= 4 is 33.4 Å². The fourth-order valence-corrected chi connectivity index (χ4v) is 2.71. The highest BCUT2D eigenvalue weighted by Gasteiger charge is 2.25. The molecule has 1 N–H and O–H groups in total. The zero-order valence-electron chi connectivity index (χ0n) is 8.31. The van der Waals surface area contributed by atoms with Crippen molar-refractivity contribution < 1.29 is 4.79 Å². The second-order valence-electron chi connectivity index (χ2n) is 3.70. The molecule has 1 heterocycles. The van der Waals surface area contributed by atoms with E-state index in [1.165, 1.54) is 0 Å². The van der Waals surface area contributed by atoms with E-state index in [0.717, 1.165) is 22.9 Å². The van der Waals surface area contributed by atoms with Gasteiger partial charge < -0.3 is 5.32 Å². The monoisotopic (exact) mass is 287 g/mol. The van der Waals surface area contributed by atoms with Crippen molar-refractivity contribution in [1.82, 2.24) is 5.32 Å². The van der Waals surface area contributed by atoms with E-state index in [-0.39, 0.29) is 11.9 Å². The molecule has 0 saturated heterocycles. The number of fused-ring (bicyclic) bond motifs is 1. The molecule has 0 radical (unpaired) electrons. The van der Waals surface area contributed by atoms with Crippen LogP contribution >= 0.6 is 27.5 Å². The molecule has 0 saturated carbocycles. The summed E-state index contributed by atoms with van der Waals surface area (Å²) in [6.45, 7) is 2.06. The second-order valence-corrected chi connectivity index (χ2v) is 5.02. The number of nitrogens with one attached hydrogen (secondary N) is 1. The molecule has 4 heteroatoms. The molecule has 1 aliphatic rings. The molecule has 2 nitrogen and oxygen atoms in total. The molecule has 0 spiro atoms. The molecule has 0 fully saturated rings. The topological polar surface area (TPSA) is 29.1 Å². The van der Waals surface area contributed by atoms with Crippen molar-refractivity contribution in [3.63, 3.8) is 0 Å². The van der Waals surface area contributed by atoms with Gasteiger partial charge in [-0.1, -0.05) is 34.5 Å². The first-order chi connectivity index (χ1) is 7.11. The molecule has 1 atom stereocenters. The number of amides is 1. The molecular weight excluding hydrogens is 277 g/mol. The fourth-order valence-electron chi connectivity index (χ4n) is 1.82. The predicted molar refractivity (Wildman–Crippen MR) is 64.4 cm³/mol. The van der Waals surface area contributed by atoms with E-state index in [1.54, 1.807) is 0 Å². The maximum absolute atomic E-state index is 11.8. The summed E-state index contributed by atoms with van der Waals surface area (Å²) in [5.74, 6) is -0.0219. The third kappa shape index (κ3) is 2.04. The second kappa shape index (κ2) is 4.14. The van der Waals surface area contributed by atoms with Gasteiger partial charge in [0.05, 0.1) is 0 Å². The lowest BCUT2D eigenvalue weighted by molar-refractivity contribution is 0.0924. The summed E-state index contributed by atoms with van der Waals surface area (Å²) in [5, 5.41) is 3.63. The van der Waals surface area contributed by atoms with Gasteiger partial charge in [0.1, 0.15) is 0 Å². The van der Waals surface area contributed by atoms with E-state index in [2.05, 4.69) is 28.2 Å². The van der Waals surface area contributed by atoms with Crippen molar-refractivity contribution in [2.75, 3.05) is 0 Å². The molecule has 1 aromatic carbocycles. The summed E-state index contributed by atoms with van der Waals surface area (Å²) in [6, 6.07) is 3.87. The van der Waals surface area contributed by atoms with E-state index in [9.17, 15) is 4.79 Å². The minimum Gasteiger partial charge on any atom is -0.349 e. The van der Waals surface area contributed by atoms with Gasteiger partial charge in [-0.05, 0) is 30.5 Å². The minimum absolute atomic E-state index is 0.0219.